The first kappa shape index (κ1) is 17.4. The van der Waals surface area contributed by atoms with Crippen LogP contribution in [0.1, 0.15) is 38.5 Å². The van der Waals surface area contributed by atoms with Crippen LogP contribution in [0.4, 0.5) is 0 Å². The Bertz CT molecular complexity index is 391. The zero-order valence-electron chi connectivity index (χ0n) is 14.2. The second kappa shape index (κ2) is 8.09. The molecule has 126 valence electrons. The SMILES string of the molecule is CNCCN(C)CC(C=N)=C(N)C1CCC2(CCCC2)OC1. The lowest BCUT2D eigenvalue weighted by molar-refractivity contribution is -0.0897. The van der Waals surface area contributed by atoms with Gasteiger partial charge in [0.05, 0.1) is 12.2 Å². The van der Waals surface area contributed by atoms with Crippen LogP contribution in [0, 0.1) is 11.3 Å². The van der Waals surface area contributed by atoms with Crippen LogP contribution >= 0.6 is 0 Å². The molecule has 1 saturated heterocycles. The summed E-state index contributed by atoms with van der Waals surface area (Å²) in [5, 5.41) is 10.8. The van der Waals surface area contributed by atoms with Gasteiger partial charge in [-0.25, -0.2) is 0 Å². The zero-order valence-corrected chi connectivity index (χ0v) is 14.2. The number of nitrogens with one attached hydrogen (secondary N) is 2. The van der Waals surface area contributed by atoms with E-state index in [1.54, 1.807) is 0 Å². The summed E-state index contributed by atoms with van der Waals surface area (Å²) in [6, 6.07) is 0. The Morgan fingerprint density at radius 3 is 2.68 bits per heavy atom. The maximum atomic E-state index is 7.69. The molecule has 5 heteroatoms. The molecule has 2 fully saturated rings. The van der Waals surface area contributed by atoms with Crippen LogP contribution in [0.5, 0.6) is 0 Å². The van der Waals surface area contributed by atoms with Crippen LogP contribution in [0.15, 0.2) is 11.3 Å². The average molecular weight is 308 g/mol. The van der Waals surface area contributed by atoms with Crippen molar-refractivity contribution in [3.8, 4) is 0 Å². The highest BCUT2D eigenvalue weighted by molar-refractivity contribution is 5.77. The molecule has 0 radical (unpaired) electrons. The summed E-state index contributed by atoms with van der Waals surface area (Å²) >= 11 is 0. The fourth-order valence-electron chi connectivity index (χ4n) is 3.68. The molecule has 0 aromatic heterocycles. The van der Waals surface area contributed by atoms with Crippen molar-refractivity contribution in [3.05, 3.63) is 11.3 Å². The normalized spacial score (nSPS) is 25.5. The second-order valence-corrected chi connectivity index (χ2v) is 6.90. The Labute approximate surface area is 134 Å². The van der Waals surface area contributed by atoms with E-state index < -0.39 is 0 Å². The first-order chi connectivity index (χ1) is 10.6. The van der Waals surface area contributed by atoms with Crippen LogP contribution in [-0.2, 0) is 4.74 Å². The van der Waals surface area contributed by atoms with Gasteiger partial charge in [-0.2, -0.15) is 0 Å². The minimum Gasteiger partial charge on any atom is -0.401 e. The maximum absolute atomic E-state index is 7.69. The van der Waals surface area contributed by atoms with Crippen LogP contribution in [0.25, 0.3) is 0 Å². The van der Waals surface area contributed by atoms with Crippen molar-refractivity contribution in [3.63, 3.8) is 0 Å². The fourth-order valence-corrected chi connectivity index (χ4v) is 3.68. The molecule has 0 bridgehead atoms. The van der Waals surface area contributed by atoms with Crippen molar-refractivity contribution in [1.82, 2.24) is 10.2 Å². The van der Waals surface area contributed by atoms with Gasteiger partial charge in [0, 0.05) is 43.0 Å². The number of rotatable bonds is 7. The van der Waals surface area contributed by atoms with Gasteiger partial charge < -0.3 is 26.1 Å². The smallest absolute Gasteiger partial charge is 0.0683 e. The summed E-state index contributed by atoms with van der Waals surface area (Å²) in [5.41, 5.74) is 8.33. The summed E-state index contributed by atoms with van der Waals surface area (Å²) in [6.07, 6.45) is 8.69. The third-order valence-corrected chi connectivity index (χ3v) is 5.22. The molecule has 2 rings (SSSR count). The van der Waals surface area contributed by atoms with Crippen molar-refractivity contribution >= 4 is 6.21 Å². The van der Waals surface area contributed by atoms with Crippen molar-refractivity contribution < 1.29 is 4.74 Å². The van der Waals surface area contributed by atoms with Crippen molar-refractivity contribution in [2.24, 2.45) is 11.7 Å². The molecule has 1 unspecified atom stereocenters. The molecule has 5 nitrogen and oxygen atoms in total. The highest BCUT2D eigenvalue weighted by Gasteiger charge is 2.39. The molecule has 1 spiro atoms. The lowest BCUT2D eigenvalue weighted by Crippen LogP contribution is -2.39. The number of nitrogens with zero attached hydrogens (tertiary/aromatic N) is 1. The Kier molecular flexibility index (Phi) is 6.41. The fraction of sp³-hybridized carbons (Fsp3) is 0.824. The predicted molar refractivity (Wildman–Crippen MR) is 91.3 cm³/mol. The number of ether oxygens (including phenoxy) is 1. The monoisotopic (exact) mass is 308 g/mol. The topological polar surface area (TPSA) is 74.4 Å². The lowest BCUT2D eigenvalue weighted by atomic mass is 9.85. The summed E-state index contributed by atoms with van der Waals surface area (Å²) < 4.78 is 6.21. The molecule has 1 aliphatic heterocycles. The van der Waals surface area contributed by atoms with E-state index in [2.05, 4.69) is 17.3 Å². The Morgan fingerprint density at radius 2 is 2.14 bits per heavy atom. The van der Waals surface area contributed by atoms with E-state index in [1.807, 2.05) is 7.05 Å². The molecule has 1 heterocycles. The quantitative estimate of drug-likeness (QED) is 0.626. The minimum absolute atomic E-state index is 0.158. The molecular weight excluding hydrogens is 276 g/mol. The Morgan fingerprint density at radius 1 is 1.41 bits per heavy atom. The molecule has 1 atom stereocenters. The number of hydrogen-bond donors (Lipinski definition) is 3. The number of likely N-dealkylation sites (N-methyl/N-ethyl adjacent to an activating group) is 2. The Balaban J connectivity index is 1.92. The predicted octanol–water partition coefficient (Wildman–Crippen LogP) is 1.74. The maximum Gasteiger partial charge on any atom is 0.0683 e. The third kappa shape index (κ3) is 4.31. The van der Waals surface area contributed by atoms with Crippen LogP contribution in [0.2, 0.25) is 0 Å². The molecule has 1 aliphatic carbocycles. The second-order valence-electron chi connectivity index (χ2n) is 6.90. The van der Waals surface area contributed by atoms with E-state index in [0.29, 0.717) is 0 Å². The molecule has 0 amide bonds. The van der Waals surface area contributed by atoms with Gasteiger partial charge in [-0.05, 0) is 39.8 Å². The van der Waals surface area contributed by atoms with E-state index in [0.717, 1.165) is 50.4 Å². The van der Waals surface area contributed by atoms with Gasteiger partial charge in [0.25, 0.3) is 0 Å². The third-order valence-electron chi connectivity index (χ3n) is 5.22. The van der Waals surface area contributed by atoms with Gasteiger partial charge in [0.15, 0.2) is 0 Å². The minimum atomic E-state index is 0.158. The molecule has 4 N–H and O–H groups in total. The molecule has 0 aromatic rings. The van der Waals surface area contributed by atoms with Crippen molar-refractivity contribution in [2.45, 2.75) is 44.1 Å². The first-order valence-electron chi connectivity index (χ1n) is 8.56. The highest BCUT2D eigenvalue weighted by Crippen LogP contribution is 2.42. The standard InChI is InChI=1S/C17H32N4O/c1-20-9-10-21(2)12-15(11-18)16(19)14-5-8-17(22-13-14)6-3-4-7-17/h11,14,18,20H,3-10,12-13,19H2,1-2H3. The van der Waals surface area contributed by atoms with E-state index in [-0.39, 0.29) is 11.5 Å². The molecule has 0 aromatic carbocycles. The van der Waals surface area contributed by atoms with Crippen molar-refractivity contribution in [1.29, 1.82) is 5.41 Å². The first-order valence-corrected chi connectivity index (χ1v) is 8.56. The van der Waals surface area contributed by atoms with E-state index >= 15 is 0 Å². The summed E-state index contributed by atoms with van der Waals surface area (Å²) in [6.45, 7) is 3.35. The zero-order chi connectivity index (χ0) is 16.0. The summed E-state index contributed by atoms with van der Waals surface area (Å²) in [7, 11) is 4.02. The Hall–Kier alpha value is -0.910. The van der Waals surface area contributed by atoms with Crippen LogP contribution in [-0.4, -0.2) is 57.1 Å². The lowest BCUT2D eigenvalue weighted by Gasteiger charge is -2.38. The van der Waals surface area contributed by atoms with Gasteiger partial charge >= 0.3 is 0 Å². The molecule has 22 heavy (non-hydrogen) atoms. The largest absolute Gasteiger partial charge is 0.401 e. The molecule has 2 aliphatic rings. The van der Waals surface area contributed by atoms with E-state index in [9.17, 15) is 0 Å². The number of hydrogen-bond acceptors (Lipinski definition) is 5. The summed E-state index contributed by atoms with van der Waals surface area (Å²) in [4.78, 5) is 2.20. The van der Waals surface area contributed by atoms with E-state index in [4.69, 9.17) is 15.9 Å². The van der Waals surface area contributed by atoms with Crippen LogP contribution in [0.3, 0.4) is 0 Å². The molecule has 1 saturated carbocycles. The molecular formula is C17H32N4O. The van der Waals surface area contributed by atoms with Crippen molar-refractivity contribution in [2.75, 3.05) is 40.3 Å². The van der Waals surface area contributed by atoms with Crippen LogP contribution < -0.4 is 11.1 Å². The number of nitrogens with two attached hydrogens (primary N) is 1. The van der Waals surface area contributed by atoms with Gasteiger partial charge in [-0.3, -0.25) is 0 Å². The van der Waals surface area contributed by atoms with Gasteiger partial charge in [0.1, 0.15) is 0 Å². The van der Waals surface area contributed by atoms with E-state index in [1.165, 1.54) is 31.9 Å². The highest BCUT2D eigenvalue weighted by atomic mass is 16.5. The van der Waals surface area contributed by atoms with Gasteiger partial charge in [0.2, 0.25) is 0 Å². The average Bonchev–Trinajstić information content (AvgIpc) is 2.99. The van der Waals surface area contributed by atoms with Gasteiger partial charge in [-0.15, -0.1) is 0 Å². The summed E-state index contributed by atoms with van der Waals surface area (Å²) in [5.74, 6) is 0.278. The van der Waals surface area contributed by atoms with Gasteiger partial charge in [-0.1, -0.05) is 12.8 Å².